The molecule has 0 saturated carbocycles. The molecular weight excluding hydrogens is 323 g/mol. The summed E-state index contributed by atoms with van der Waals surface area (Å²) < 4.78 is 41.9. The molecule has 0 radical (unpaired) electrons. The number of alkyl halides is 3. The predicted octanol–water partition coefficient (Wildman–Crippen LogP) is 2.06. The van der Waals surface area contributed by atoms with Crippen LogP contribution in [-0.2, 0) is 0 Å². The highest BCUT2D eigenvalue weighted by Gasteiger charge is 2.33. The van der Waals surface area contributed by atoms with Crippen molar-refractivity contribution in [2.75, 3.05) is 39.8 Å². The van der Waals surface area contributed by atoms with Crippen LogP contribution in [0.5, 0.6) is 5.88 Å². The average molecular weight is 338 g/mol. The van der Waals surface area contributed by atoms with Crippen LogP contribution in [0.25, 0.3) is 0 Å². The normalized spacial score (nSPS) is 16.7. The Hall–Kier alpha value is -1.54. The maximum Gasteiger partial charge on any atom is 0.401 e. The van der Waals surface area contributed by atoms with E-state index >= 15 is 0 Å². The summed E-state index contributed by atoms with van der Waals surface area (Å²) in [4.78, 5) is 19.0. The average Bonchev–Trinajstić information content (AvgIpc) is 2.45. The van der Waals surface area contributed by atoms with Gasteiger partial charge in [-0.2, -0.15) is 13.2 Å². The lowest BCUT2D eigenvalue weighted by Gasteiger charge is -2.35. The molecule has 1 fully saturated rings. The molecule has 22 heavy (non-hydrogen) atoms. The molecule has 5 nitrogen and oxygen atoms in total. The number of carbonyl (C=O) groups is 1. The highest BCUT2D eigenvalue weighted by molar-refractivity contribution is 6.29. The molecule has 0 aromatic carbocycles. The number of carbonyl (C=O) groups excluding carboxylic acids is 1. The van der Waals surface area contributed by atoms with Gasteiger partial charge in [0.2, 0.25) is 5.88 Å². The van der Waals surface area contributed by atoms with E-state index in [4.69, 9.17) is 16.3 Å². The molecule has 0 atom stereocenters. The fourth-order valence-electron chi connectivity index (χ4n) is 2.25. The minimum absolute atomic E-state index is 0.124. The molecule has 0 unspecified atom stereocenters. The van der Waals surface area contributed by atoms with Crippen molar-refractivity contribution in [3.63, 3.8) is 0 Å². The first-order valence-corrected chi connectivity index (χ1v) is 6.96. The van der Waals surface area contributed by atoms with Crippen LogP contribution in [0, 0.1) is 0 Å². The number of nitrogens with zero attached hydrogens (tertiary/aromatic N) is 3. The summed E-state index contributed by atoms with van der Waals surface area (Å²) in [6.07, 6.45) is -4.22. The van der Waals surface area contributed by atoms with Gasteiger partial charge in [-0.3, -0.25) is 9.69 Å². The zero-order valence-corrected chi connectivity index (χ0v) is 12.6. The van der Waals surface area contributed by atoms with Gasteiger partial charge in [0.1, 0.15) is 5.15 Å². The van der Waals surface area contributed by atoms with Gasteiger partial charge < -0.3 is 9.64 Å². The molecule has 1 aliphatic heterocycles. The lowest BCUT2D eigenvalue weighted by Crippen LogP contribution is -2.50. The Balaban J connectivity index is 1.99. The van der Waals surface area contributed by atoms with Crippen LogP contribution in [0.4, 0.5) is 13.2 Å². The second kappa shape index (κ2) is 6.70. The quantitative estimate of drug-likeness (QED) is 0.792. The Morgan fingerprint density at radius 3 is 2.50 bits per heavy atom. The number of hydrogen-bond acceptors (Lipinski definition) is 4. The first-order valence-electron chi connectivity index (χ1n) is 6.58. The summed E-state index contributed by atoms with van der Waals surface area (Å²) in [5.74, 6) is -0.0826. The Morgan fingerprint density at radius 1 is 1.32 bits per heavy atom. The monoisotopic (exact) mass is 337 g/mol. The molecule has 1 saturated heterocycles. The third-order valence-corrected chi connectivity index (χ3v) is 3.48. The highest BCUT2D eigenvalue weighted by Crippen LogP contribution is 2.20. The van der Waals surface area contributed by atoms with Crippen LogP contribution < -0.4 is 4.74 Å². The molecule has 1 aromatic rings. The first-order chi connectivity index (χ1) is 10.3. The Kier molecular flexibility index (Phi) is 5.12. The van der Waals surface area contributed by atoms with Crippen molar-refractivity contribution < 1.29 is 22.7 Å². The number of hydrogen-bond donors (Lipinski definition) is 0. The SMILES string of the molecule is COc1cc(C(=O)N2CCN(CC(F)(F)F)CC2)cc(Cl)n1. The van der Waals surface area contributed by atoms with Crippen molar-refractivity contribution in [3.8, 4) is 5.88 Å². The zero-order valence-electron chi connectivity index (χ0n) is 11.9. The number of amides is 1. The highest BCUT2D eigenvalue weighted by atomic mass is 35.5. The number of piperazine rings is 1. The van der Waals surface area contributed by atoms with Crippen LogP contribution in [0.2, 0.25) is 5.15 Å². The summed E-state index contributed by atoms with van der Waals surface area (Å²) in [6, 6.07) is 2.87. The number of ether oxygens (including phenoxy) is 1. The largest absolute Gasteiger partial charge is 0.481 e. The third kappa shape index (κ3) is 4.48. The van der Waals surface area contributed by atoms with Crippen LogP contribution in [0.15, 0.2) is 12.1 Å². The van der Waals surface area contributed by atoms with Gasteiger partial charge in [0.15, 0.2) is 0 Å². The van der Waals surface area contributed by atoms with E-state index in [9.17, 15) is 18.0 Å². The van der Waals surface area contributed by atoms with Gasteiger partial charge in [0.25, 0.3) is 5.91 Å². The van der Waals surface area contributed by atoms with Crippen LogP contribution in [-0.4, -0.2) is 66.7 Å². The summed E-state index contributed by atoms with van der Waals surface area (Å²) in [5.41, 5.74) is 0.307. The summed E-state index contributed by atoms with van der Waals surface area (Å²) in [5, 5.41) is 0.124. The molecule has 0 bridgehead atoms. The fourth-order valence-corrected chi connectivity index (χ4v) is 2.45. The number of halogens is 4. The van der Waals surface area contributed by atoms with Gasteiger partial charge in [0.05, 0.1) is 13.7 Å². The van der Waals surface area contributed by atoms with E-state index in [2.05, 4.69) is 4.98 Å². The van der Waals surface area contributed by atoms with E-state index in [0.29, 0.717) is 5.56 Å². The van der Waals surface area contributed by atoms with Crippen LogP contribution in [0.3, 0.4) is 0 Å². The first kappa shape index (κ1) is 16.8. The predicted molar refractivity (Wildman–Crippen MR) is 74.2 cm³/mol. The molecular formula is C13H15ClF3N3O2. The van der Waals surface area contributed by atoms with E-state index in [1.807, 2.05) is 0 Å². The van der Waals surface area contributed by atoms with Crippen molar-refractivity contribution in [3.05, 3.63) is 22.8 Å². The second-order valence-corrected chi connectivity index (χ2v) is 5.29. The standard InChI is InChI=1S/C13H15ClF3N3O2/c1-22-11-7-9(6-10(14)18-11)12(21)20-4-2-19(3-5-20)8-13(15,16)17/h6-7H,2-5,8H2,1H3. The summed E-state index contributed by atoms with van der Waals surface area (Å²) >= 11 is 5.81. The van der Waals surface area contributed by atoms with Crippen molar-refractivity contribution >= 4 is 17.5 Å². The van der Waals surface area contributed by atoms with E-state index in [1.165, 1.54) is 29.0 Å². The van der Waals surface area contributed by atoms with Crippen molar-refractivity contribution in [1.82, 2.24) is 14.8 Å². The number of methoxy groups -OCH3 is 1. The van der Waals surface area contributed by atoms with Crippen molar-refractivity contribution in [1.29, 1.82) is 0 Å². The molecule has 9 heteroatoms. The molecule has 2 rings (SSSR count). The Morgan fingerprint density at radius 2 is 1.95 bits per heavy atom. The molecule has 2 heterocycles. The smallest absolute Gasteiger partial charge is 0.401 e. The van der Waals surface area contributed by atoms with Gasteiger partial charge in [0, 0.05) is 37.8 Å². The van der Waals surface area contributed by atoms with Gasteiger partial charge in [-0.25, -0.2) is 4.98 Å². The van der Waals surface area contributed by atoms with Gasteiger partial charge in [-0.1, -0.05) is 11.6 Å². The van der Waals surface area contributed by atoms with E-state index in [-0.39, 0.29) is 43.1 Å². The fraction of sp³-hybridized carbons (Fsp3) is 0.538. The summed E-state index contributed by atoms with van der Waals surface area (Å²) in [6.45, 7) is -0.124. The second-order valence-electron chi connectivity index (χ2n) is 4.90. The number of rotatable bonds is 3. The number of aromatic nitrogens is 1. The zero-order chi connectivity index (χ0) is 16.3. The topological polar surface area (TPSA) is 45.7 Å². The number of pyridine rings is 1. The minimum atomic E-state index is -4.22. The molecule has 122 valence electrons. The molecule has 0 aliphatic carbocycles. The Labute approximate surface area is 130 Å². The van der Waals surface area contributed by atoms with E-state index < -0.39 is 12.7 Å². The molecule has 1 aliphatic rings. The van der Waals surface area contributed by atoms with Gasteiger partial charge in [-0.05, 0) is 6.07 Å². The molecule has 1 amide bonds. The maximum absolute atomic E-state index is 12.4. The van der Waals surface area contributed by atoms with Crippen molar-refractivity contribution in [2.24, 2.45) is 0 Å². The van der Waals surface area contributed by atoms with Gasteiger partial charge in [-0.15, -0.1) is 0 Å². The third-order valence-electron chi connectivity index (χ3n) is 3.29. The molecule has 0 spiro atoms. The minimum Gasteiger partial charge on any atom is -0.481 e. The van der Waals surface area contributed by atoms with E-state index in [1.54, 1.807) is 0 Å². The van der Waals surface area contributed by atoms with Crippen molar-refractivity contribution in [2.45, 2.75) is 6.18 Å². The Bertz CT molecular complexity index is 546. The summed E-state index contributed by atoms with van der Waals surface area (Å²) in [7, 11) is 1.41. The molecule has 1 aromatic heterocycles. The van der Waals surface area contributed by atoms with Gasteiger partial charge >= 0.3 is 6.18 Å². The van der Waals surface area contributed by atoms with E-state index in [0.717, 1.165) is 0 Å². The van der Waals surface area contributed by atoms with Crippen LogP contribution >= 0.6 is 11.6 Å². The lowest BCUT2D eigenvalue weighted by atomic mass is 10.2. The van der Waals surface area contributed by atoms with Crippen LogP contribution in [0.1, 0.15) is 10.4 Å². The lowest BCUT2D eigenvalue weighted by molar-refractivity contribution is -0.148. The molecule has 0 N–H and O–H groups in total. The maximum atomic E-state index is 12.4.